The molecule has 5 nitrogen and oxygen atoms in total. The number of hydrogen-bond acceptors (Lipinski definition) is 3. The number of carbonyl (C=O) groups is 1. The van der Waals surface area contributed by atoms with Crippen molar-refractivity contribution >= 4 is 51.8 Å². The molecule has 0 aromatic heterocycles. The lowest BCUT2D eigenvalue weighted by molar-refractivity contribution is -0.146. The molecule has 1 aliphatic heterocycles. The highest BCUT2D eigenvalue weighted by Crippen LogP contribution is 2.19. The van der Waals surface area contributed by atoms with Gasteiger partial charge in [-0.15, -0.1) is 24.0 Å². The molecule has 0 spiro atoms. The van der Waals surface area contributed by atoms with Gasteiger partial charge in [-0.1, -0.05) is 22.0 Å². The van der Waals surface area contributed by atoms with Crippen LogP contribution in [0.25, 0.3) is 0 Å². The van der Waals surface area contributed by atoms with Gasteiger partial charge in [-0.05, 0) is 31.9 Å². The summed E-state index contributed by atoms with van der Waals surface area (Å²) in [6.45, 7) is 4.47. The molecular formula is C17H24BrFIN3O2. The van der Waals surface area contributed by atoms with Crippen LogP contribution >= 0.6 is 39.9 Å². The van der Waals surface area contributed by atoms with Crippen molar-refractivity contribution in [2.75, 3.05) is 26.7 Å². The molecule has 1 aliphatic rings. The lowest BCUT2D eigenvalue weighted by atomic mass is 9.97. The standard InChI is InChI=1S/C17H23BrFN3O2.HI/c1-3-20-17(21-11-13-4-5-14(18)10-15(13)19)22-8-6-12(7-9-22)16(23)24-2;/h4-5,10,12H,3,6-9,11H2,1-2H3,(H,20,21);1H. The molecule has 1 N–H and O–H groups in total. The SMILES string of the molecule is CCNC(=NCc1ccc(Br)cc1F)N1CCC(C(=O)OC)CC1.I. The molecule has 1 aromatic carbocycles. The Morgan fingerprint density at radius 3 is 2.68 bits per heavy atom. The second kappa shape index (κ2) is 10.9. The minimum Gasteiger partial charge on any atom is -0.469 e. The number of carbonyl (C=O) groups excluding carboxylic acids is 1. The molecular weight excluding hydrogens is 504 g/mol. The van der Waals surface area contributed by atoms with E-state index in [2.05, 4.69) is 31.1 Å². The molecule has 8 heteroatoms. The predicted molar refractivity (Wildman–Crippen MR) is 111 cm³/mol. The first-order chi connectivity index (χ1) is 11.5. The molecule has 2 rings (SSSR count). The van der Waals surface area contributed by atoms with Crippen LogP contribution in [-0.2, 0) is 16.1 Å². The zero-order chi connectivity index (χ0) is 17.5. The minimum absolute atomic E-state index is 0. The third-order valence-corrected chi connectivity index (χ3v) is 4.57. The molecule has 0 unspecified atom stereocenters. The van der Waals surface area contributed by atoms with Crippen LogP contribution in [-0.4, -0.2) is 43.6 Å². The molecule has 0 aliphatic carbocycles. The number of ether oxygens (including phenoxy) is 1. The number of nitrogens with zero attached hydrogens (tertiary/aromatic N) is 2. The third-order valence-electron chi connectivity index (χ3n) is 4.08. The first-order valence-corrected chi connectivity index (χ1v) is 8.89. The Morgan fingerprint density at radius 1 is 1.44 bits per heavy atom. The van der Waals surface area contributed by atoms with Crippen LogP contribution in [0.15, 0.2) is 27.7 Å². The summed E-state index contributed by atoms with van der Waals surface area (Å²) in [4.78, 5) is 18.3. The monoisotopic (exact) mass is 527 g/mol. The largest absolute Gasteiger partial charge is 0.469 e. The van der Waals surface area contributed by atoms with Gasteiger partial charge in [0.2, 0.25) is 0 Å². The van der Waals surface area contributed by atoms with Crippen molar-refractivity contribution in [2.45, 2.75) is 26.3 Å². The summed E-state index contributed by atoms with van der Waals surface area (Å²) in [6, 6.07) is 4.98. The van der Waals surface area contributed by atoms with Gasteiger partial charge < -0.3 is 15.0 Å². The average Bonchev–Trinajstić information content (AvgIpc) is 2.59. The van der Waals surface area contributed by atoms with Crippen molar-refractivity contribution in [3.63, 3.8) is 0 Å². The van der Waals surface area contributed by atoms with Gasteiger partial charge in [-0.25, -0.2) is 9.38 Å². The highest BCUT2D eigenvalue weighted by molar-refractivity contribution is 14.0. The molecule has 1 saturated heterocycles. The highest BCUT2D eigenvalue weighted by Gasteiger charge is 2.26. The fraction of sp³-hybridized carbons (Fsp3) is 0.529. The van der Waals surface area contributed by atoms with E-state index >= 15 is 0 Å². The summed E-state index contributed by atoms with van der Waals surface area (Å²) >= 11 is 3.25. The van der Waals surface area contributed by atoms with Gasteiger partial charge in [0.25, 0.3) is 0 Å². The van der Waals surface area contributed by atoms with Gasteiger partial charge in [0, 0.05) is 29.7 Å². The molecule has 0 radical (unpaired) electrons. The second-order valence-electron chi connectivity index (χ2n) is 5.69. The Hall–Kier alpha value is -0.900. The van der Waals surface area contributed by atoms with Gasteiger partial charge in [0.15, 0.2) is 5.96 Å². The number of benzene rings is 1. The topological polar surface area (TPSA) is 53.9 Å². The van der Waals surface area contributed by atoms with Crippen molar-refractivity contribution < 1.29 is 13.9 Å². The number of aliphatic imine (C=N–C) groups is 1. The highest BCUT2D eigenvalue weighted by atomic mass is 127. The number of piperidine rings is 1. The Kier molecular flexibility index (Phi) is 9.70. The summed E-state index contributed by atoms with van der Waals surface area (Å²) in [7, 11) is 1.42. The molecule has 0 saturated carbocycles. The molecule has 25 heavy (non-hydrogen) atoms. The van der Waals surface area contributed by atoms with Crippen LogP contribution in [0.5, 0.6) is 0 Å². The zero-order valence-electron chi connectivity index (χ0n) is 14.4. The Labute approximate surface area is 173 Å². The van der Waals surface area contributed by atoms with Crippen molar-refractivity contribution in [1.82, 2.24) is 10.2 Å². The van der Waals surface area contributed by atoms with E-state index in [0.29, 0.717) is 10.0 Å². The second-order valence-corrected chi connectivity index (χ2v) is 6.61. The Morgan fingerprint density at radius 2 is 2.12 bits per heavy atom. The van der Waals surface area contributed by atoms with E-state index in [0.717, 1.165) is 38.4 Å². The van der Waals surface area contributed by atoms with E-state index in [9.17, 15) is 9.18 Å². The van der Waals surface area contributed by atoms with Gasteiger partial charge in [0.1, 0.15) is 5.82 Å². The van der Waals surface area contributed by atoms with E-state index in [1.807, 2.05) is 13.0 Å². The maximum absolute atomic E-state index is 13.9. The van der Waals surface area contributed by atoms with E-state index in [-0.39, 0.29) is 48.2 Å². The fourth-order valence-electron chi connectivity index (χ4n) is 2.73. The van der Waals surface area contributed by atoms with Crippen LogP contribution in [0.3, 0.4) is 0 Å². The fourth-order valence-corrected chi connectivity index (χ4v) is 3.06. The Bertz CT molecular complexity index is 608. The third kappa shape index (κ3) is 6.40. The molecule has 140 valence electrons. The number of guanidine groups is 1. The van der Waals surface area contributed by atoms with Crippen LogP contribution in [0.1, 0.15) is 25.3 Å². The zero-order valence-corrected chi connectivity index (χ0v) is 18.3. The van der Waals surface area contributed by atoms with Gasteiger partial charge in [0.05, 0.1) is 19.6 Å². The van der Waals surface area contributed by atoms with Crippen LogP contribution in [0.2, 0.25) is 0 Å². The van der Waals surface area contributed by atoms with E-state index in [1.165, 1.54) is 13.2 Å². The first-order valence-electron chi connectivity index (χ1n) is 8.10. The maximum Gasteiger partial charge on any atom is 0.308 e. The summed E-state index contributed by atoms with van der Waals surface area (Å²) in [5, 5.41) is 3.24. The van der Waals surface area contributed by atoms with Crippen LogP contribution < -0.4 is 5.32 Å². The maximum atomic E-state index is 13.9. The quantitative estimate of drug-likeness (QED) is 0.281. The minimum atomic E-state index is -0.270. The Balaban J connectivity index is 0.00000312. The number of methoxy groups -OCH3 is 1. The smallest absolute Gasteiger partial charge is 0.308 e. The average molecular weight is 528 g/mol. The van der Waals surface area contributed by atoms with Crippen LogP contribution in [0.4, 0.5) is 4.39 Å². The van der Waals surface area contributed by atoms with Gasteiger partial charge in [-0.3, -0.25) is 4.79 Å². The van der Waals surface area contributed by atoms with Crippen molar-refractivity contribution in [2.24, 2.45) is 10.9 Å². The molecule has 0 amide bonds. The lowest BCUT2D eigenvalue weighted by Gasteiger charge is -2.33. The van der Waals surface area contributed by atoms with Gasteiger partial charge >= 0.3 is 5.97 Å². The molecule has 0 atom stereocenters. The molecule has 0 bridgehead atoms. The predicted octanol–water partition coefficient (Wildman–Crippen LogP) is 3.56. The van der Waals surface area contributed by atoms with E-state index in [1.54, 1.807) is 6.07 Å². The molecule has 1 fully saturated rings. The summed E-state index contributed by atoms with van der Waals surface area (Å²) in [5.41, 5.74) is 0.554. The summed E-state index contributed by atoms with van der Waals surface area (Å²) in [5.74, 6) is 0.295. The van der Waals surface area contributed by atoms with E-state index in [4.69, 9.17) is 4.74 Å². The normalized spacial score (nSPS) is 15.5. The summed E-state index contributed by atoms with van der Waals surface area (Å²) in [6.07, 6.45) is 1.48. The van der Waals surface area contributed by atoms with Crippen molar-refractivity contribution in [3.8, 4) is 0 Å². The lowest BCUT2D eigenvalue weighted by Crippen LogP contribution is -2.46. The number of halogens is 3. The van der Waals surface area contributed by atoms with Gasteiger partial charge in [-0.2, -0.15) is 0 Å². The number of likely N-dealkylation sites (tertiary alicyclic amines) is 1. The van der Waals surface area contributed by atoms with Crippen molar-refractivity contribution in [3.05, 3.63) is 34.1 Å². The first kappa shape index (κ1) is 22.1. The number of nitrogens with one attached hydrogen (secondary N) is 1. The molecule has 1 heterocycles. The number of hydrogen-bond donors (Lipinski definition) is 1. The summed E-state index contributed by atoms with van der Waals surface area (Å²) < 4.78 is 19.4. The number of esters is 1. The van der Waals surface area contributed by atoms with Crippen molar-refractivity contribution in [1.29, 1.82) is 0 Å². The van der Waals surface area contributed by atoms with Crippen LogP contribution in [0, 0.1) is 11.7 Å². The number of rotatable bonds is 4. The van der Waals surface area contributed by atoms with E-state index < -0.39 is 0 Å². The molecule has 1 aromatic rings.